The number of unbranched alkanes of at least 4 members (excludes halogenated alkanes) is 10. The smallest absolute Gasteiger partial charge is 0.169 e. The molecule has 0 atom stereocenters. The Kier molecular flexibility index (Phi) is 12.9. The number of ether oxygens (including phenoxy) is 1. The number of rotatable bonds is 17. The van der Waals surface area contributed by atoms with Crippen LogP contribution >= 0.6 is 0 Å². The van der Waals surface area contributed by atoms with Crippen LogP contribution in [-0.4, -0.2) is 5.11 Å². The van der Waals surface area contributed by atoms with Gasteiger partial charge in [0, 0.05) is 0 Å². The first kappa shape index (κ1) is 25.3. The molecule has 0 bridgehead atoms. The monoisotopic (exact) mass is 424 g/mol. The van der Waals surface area contributed by atoms with Crippen LogP contribution < -0.4 is 4.74 Å². The predicted molar refractivity (Wildman–Crippen MR) is 133 cm³/mol. The minimum Gasteiger partial charge on any atom is -0.504 e. The summed E-state index contributed by atoms with van der Waals surface area (Å²) < 4.78 is 6.19. The molecule has 0 amide bonds. The molecule has 0 radical (unpaired) electrons. The maximum Gasteiger partial charge on any atom is 0.169 e. The van der Waals surface area contributed by atoms with Crippen LogP contribution in [0, 0.1) is 0 Å². The van der Waals surface area contributed by atoms with E-state index in [-0.39, 0.29) is 5.75 Å². The number of para-hydroxylation sites is 3. The molecule has 2 rings (SSSR count). The van der Waals surface area contributed by atoms with E-state index in [4.69, 9.17) is 4.74 Å². The molecule has 0 fully saturated rings. The largest absolute Gasteiger partial charge is 0.504 e. The van der Waals surface area contributed by atoms with Crippen molar-refractivity contribution in [1.82, 2.24) is 0 Å². The van der Waals surface area contributed by atoms with E-state index in [2.05, 4.69) is 32.0 Å². The highest BCUT2D eigenvalue weighted by Gasteiger charge is 2.17. The average Bonchev–Trinajstić information content (AvgIpc) is 2.79. The molecular formula is C29H44O2. The van der Waals surface area contributed by atoms with E-state index in [1.165, 1.54) is 95.5 Å². The lowest BCUT2D eigenvalue weighted by Gasteiger charge is -2.21. The van der Waals surface area contributed by atoms with Gasteiger partial charge in [0.15, 0.2) is 11.5 Å². The maximum absolute atomic E-state index is 10.2. The normalized spacial score (nSPS) is 11.2. The molecule has 0 heterocycles. The van der Waals surface area contributed by atoms with Crippen molar-refractivity contribution < 1.29 is 9.84 Å². The fourth-order valence-electron chi connectivity index (χ4n) is 4.37. The lowest BCUT2D eigenvalue weighted by Crippen LogP contribution is -2.02. The summed E-state index contributed by atoms with van der Waals surface area (Å²) in [6.07, 6.45) is 18.4. The molecule has 0 aliphatic heterocycles. The van der Waals surface area contributed by atoms with Gasteiger partial charge in [-0.05, 0) is 42.5 Å². The van der Waals surface area contributed by atoms with Gasteiger partial charge in [-0.1, -0.05) is 121 Å². The molecule has 0 spiro atoms. The lowest BCUT2D eigenvalue weighted by atomic mass is 9.87. The predicted octanol–water partition coefficient (Wildman–Crippen LogP) is 9.77. The number of hydrogen-bond donors (Lipinski definition) is 1. The number of hydrogen-bond acceptors (Lipinski definition) is 2. The summed E-state index contributed by atoms with van der Waals surface area (Å²) in [5, 5.41) is 10.2. The van der Waals surface area contributed by atoms with Crippen LogP contribution in [0.25, 0.3) is 0 Å². The van der Waals surface area contributed by atoms with Gasteiger partial charge in [0.25, 0.3) is 0 Å². The van der Waals surface area contributed by atoms with Crippen molar-refractivity contribution >= 4 is 0 Å². The molecule has 0 aromatic heterocycles. The highest BCUT2D eigenvalue weighted by molar-refractivity contribution is 5.45. The molecule has 31 heavy (non-hydrogen) atoms. The zero-order chi connectivity index (χ0) is 22.2. The van der Waals surface area contributed by atoms with Crippen LogP contribution in [0.15, 0.2) is 48.5 Å². The van der Waals surface area contributed by atoms with E-state index in [0.29, 0.717) is 11.7 Å². The third-order valence-electron chi connectivity index (χ3n) is 6.26. The van der Waals surface area contributed by atoms with E-state index in [1.54, 1.807) is 6.07 Å². The number of phenols is 1. The quantitative estimate of drug-likeness (QED) is 0.256. The Morgan fingerprint density at radius 1 is 0.613 bits per heavy atom. The van der Waals surface area contributed by atoms with Crippen LogP contribution in [0.4, 0.5) is 0 Å². The van der Waals surface area contributed by atoms with Crippen molar-refractivity contribution in [2.45, 2.75) is 110 Å². The summed E-state index contributed by atoms with van der Waals surface area (Å²) in [7, 11) is 0. The summed E-state index contributed by atoms with van der Waals surface area (Å²) in [5.74, 6) is 2.15. The molecule has 2 aromatic rings. The third-order valence-corrected chi connectivity index (χ3v) is 6.26. The molecule has 1 N–H and O–H groups in total. The average molecular weight is 425 g/mol. The third kappa shape index (κ3) is 9.80. The highest BCUT2D eigenvalue weighted by Crippen LogP contribution is 2.38. The van der Waals surface area contributed by atoms with Crippen molar-refractivity contribution in [2.24, 2.45) is 0 Å². The van der Waals surface area contributed by atoms with E-state index in [1.807, 2.05) is 24.3 Å². The van der Waals surface area contributed by atoms with Crippen molar-refractivity contribution in [1.29, 1.82) is 0 Å². The molecule has 172 valence electrons. The molecular weight excluding hydrogens is 380 g/mol. The van der Waals surface area contributed by atoms with Crippen LogP contribution in [0.2, 0.25) is 0 Å². The molecule has 0 unspecified atom stereocenters. The molecule has 0 aliphatic rings. The van der Waals surface area contributed by atoms with Gasteiger partial charge in [-0.15, -0.1) is 0 Å². The zero-order valence-electron chi connectivity index (χ0n) is 20.0. The Balaban J connectivity index is 2.02. The van der Waals surface area contributed by atoms with E-state index >= 15 is 0 Å². The SMILES string of the molecule is CCCCCCCCC(CCCCCCCC)c1ccccc1Oc1ccccc1O. The summed E-state index contributed by atoms with van der Waals surface area (Å²) in [6, 6.07) is 15.7. The van der Waals surface area contributed by atoms with Gasteiger partial charge in [0.05, 0.1) is 0 Å². The fourth-order valence-corrected chi connectivity index (χ4v) is 4.37. The molecule has 2 heteroatoms. The van der Waals surface area contributed by atoms with Gasteiger partial charge in [-0.3, -0.25) is 0 Å². The van der Waals surface area contributed by atoms with Gasteiger partial charge in [-0.2, -0.15) is 0 Å². The Bertz CT molecular complexity index is 693. The summed E-state index contributed by atoms with van der Waals surface area (Å²) in [6.45, 7) is 4.55. The minimum atomic E-state index is 0.195. The first-order valence-corrected chi connectivity index (χ1v) is 12.8. The summed E-state index contributed by atoms with van der Waals surface area (Å²) in [5.41, 5.74) is 1.30. The Hall–Kier alpha value is -1.96. The van der Waals surface area contributed by atoms with Gasteiger partial charge in [0.1, 0.15) is 5.75 Å². The summed E-state index contributed by atoms with van der Waals surface area (Å²) in [4.78, 5) is 0. The van der Waals surface area contributed by atoms with Crippen LogP contribution in [0.1, 0.15) is 115 Å². The standard InChI is InChI=1S/C29H44O2/c1-3-5-7-9-11-13-19-25(20-14-12-10-8-6-4-2)26-21-15-17-23-28(26)31-29-24-18-16-22-27(29)30/h15-18,21-25,30H,3-14,19-20H2,1-2H3. The molecule has 0 saturated carbocycles. The second-order valence-corrected chi connectivity index (χ2v) is 8.92. The molecule has 2 nitrogen and oxygen atoms in total. The fraction of sp³-hybridized carbons (Fsp3) is 0.586. The van der Waals surface area contributed by atoms with Crippen LogP contribution in [0.3, 0.4) is 0 Å². The van der Waals surface area contributed by atoms with E-state index in [9.17, 15) is 5.11 Å². The maximum atomic E-state index is 10.2. The van der Waals surface area contributed by atoms with Gasteiger partial charge >= 0.3 is 0 Å². The van der Waals surface area contributed by atoms with E-state index < -0.39 is 0 Å². The second-order valence-electron chi connectivity index (χ2n) is 8.92. The highest BCUT2D eigenvalue weighted by atomic mass is 16.5. The Labute approximate surface area is 191 Å². The molecule has 0 aliphatic carbocycles. The number of benzene rings is 2. The van der Waals surface area contributed by atoms with Crippen molar-refractivity contribution in [3.05, 3.63) is 54.1 Å². The number of aromatic hydroxyl groups is 1. The van der Waals surface area contributed by atoms with Crippen LogP contribution in [-0.2, 0) is 0 Å². The number of phenolic OH excluding ortho intramolecular Hbond substituents is 1. The topological polar surface area (TPSA) is 29.5 Å². The first-order valence-electron chi connectivity index (χ1n) is 12.8. The van der Waals surface area contributed by atoms with Crippen molar-refractivity contribution in [2.75, 3.05) is 0 Å². The van der Waals surface area contributed by atoms with Crippen LogP contribution in [0.5, 0.6) is 17.2 Å². The molecule has 2 aromatic carbocycles. The first-order chi connectivity index (χ1) is 15.3. The molecule has 0 saturated heterocycles. The minimum absolute atomic E-state index is 0.195. The summed E-state index contributed by atoms with van der Waals surface area (Å²) >= 11 is 0. The van der Waals surface area contributed by atoms with Gasteiger partial charge in [0.2, 0.25) is 0 Å². The zero-order valence-corrected chi connectivity index (χ0v) is 20.0. The lowest BCUT2D eigenvalue weighted by molar-refractivity contribution is 0.402. The Morgan fingerprint density at radius 3 is 1.68 bits per heavy atom. The Morgan fingerprint density at radius 2 is 1.10 bits per heavy atom. The van der Waals surface area contributed by atoms with Crippen molar-refractivity contribution in [3.8, 4) is 17.2 Å². The van der Waals surface area contributed by atoms with Crippen molar-refractivity contribution in [3.63, 3.8) is 0 Å². The second kappa shape index (κ2) is 15.8. The van der Waals surface area contributed by atoms with Gasteiger partial charge < -0.3 is 9.84 Å². The van der Waals surface area contributed by atoms with E-state index in [0.717, 1.165) is 5.75 Å². The van der Waals surface area contributed by atoms with Gasteiger partial charge in [-0.25, -0.2) is 0 Å².